The fourth-order valence-corrected chi connectivity index (χ4v) is 4.72. The van der Waals surface area contributed by atoms with Crippen molar-refractivity contribution in [3.05, 3.63) is 98.9 Å². The van der Waals surface area contributed by atoms with Crippen LogP contribution in [0.3, 0.4) is 0 Å². The van der Waals surface area contributed by atoms with Gasteiger partial charge in [0.15, 0.2) is 5.76 Å². The van der Waals surface area contributed by atoms with Gasteiger partial charge in [0.1, 0.15) is 10.8 Å². The summed E-state index contributed by atoms with van der Waals surface area (Å²) in [5.74, 6) is 0.727. The normalized spacial score (nSPS) is 11.9. The van der Waals surface area contributed by atoms with Crippen LogP contribution >= 0.6 is 22.9 Å². The second-order valence-corrected chi connectivity index (χ2v) is 8.97. The summed E-state index contributed by atoms with van der Waals surface area (Å²) >= 11 is 7.86. The van der Waals surface area contributed by atoms with Gasteiger partial charge in [-0.2, -0.15) is 0 Å². The van der Waals surface area contributed by atoms with E-state index in [-0.39, 0.29) is 17.7 Å². The molecule has 158 valence electrons. The van der Waals surface area contributed by atoms with Crippen molar-refractivity contribution in [2.75, 3.05) is 10.6 Å². The number of benzene rings is 1. The monoisotopic (exact) mass is 451 g/mol. The van der Waals surface area contributed by atoms with E-state index in [0.29, 0.717) is 5.02 Å². The Labute approximate surface area is 190 Å². The Morgan fingerprint density at radius 1 is 1.13 bits per heavy atom. The van der Waals surface area contributed by atoms with Crippen molar-refractivity contribution in [1.29, 1.82) is 0 Å². The van der Waals surface area contributed by atoms with Crippen molar-refractivity contribution in [2.24, 2.45) is 0 Å². The van der Waals surface area contributed by atoms with Gasteiger partial charge in [-0.3, -0.25) is 4.79 Å². The molecule has 0 aliphatic heterocycles. The van der Waals surface area contributed by atoms with Crippen LogP contribution in [0.25, 0.3) is 0 Å². The largest absolute Gasteiger partial charge is 0.459 e. The maximum Gasteiger partial charge on any atom is 0.291 e. The molecule has 31 heavy (non-hydrogen) atoms. The third-order valence-corrected chi connectivity index (χ3v) is 6.46. The zero-order valence-electron chi connectivity index (χ0n) is 17.4. The number of carbonyl (C=O) groups is 1. The standard InChI is InChI=1S/C24H22ClN3O2S/c1-14-9-10-26-20(12-14)27-22(17-6-4-7-18(25)13-17)21-15(2)16(3)31-24(21)28-23(29)19-8-5-11-30-19/h4-13,22H,1-3H3,(H,26,27)(H,28,29)/t22-/m0/s1. The van der Waals surface area contributed by atoms with Crippen LogP contribution < -0.4 is 10.6 Å². The summed E-state index contributed by atoms with van der Waals surface area (Å²) in [7, 11) is 0. The van der Waals surface area contributed by atoms with Gasteiger partial charge in [0, 0.05) is 21.7 Å². The van der Waals surface area contributed by atoms with E-state index in [9.17, 15) is 4.79 Å². The maximum atomic E-state index is 12.7. The molecule has 5 nitrogen and oxygen atoms in total. The molecule has 1 aromatic carbocycles. The van der Waals surface area contributed by atoms with Crippen molar-refractivity contribution >= 4 is 39.7 Å². The average molecular weight is 452 g/mol. The molecule has 0 bridgehead atoms. The minimum atomic E-state index is -0.286. The molecule has 3 heterocycles. The highest BCUT2D eigenvalue weighted by atomic mass is 35.5. The minimum Gasteiger partial charge on any atom is -0.459 e. The van der Waals surface area contributed by atoms with E-state index in [0.717, 1.165) is 37.9 Å². The Morgan fingerprint density at radius 2 is 1.97 bits per heavy atom. The first-order valence-electron chi connectivity index (χ1n) is 9.82. The summed E-state index contributed by atoms with van der Waals surface area (Å²) in [6.07, 6.45) is 3.26. The quantitative estimate of drug-likeness (QED) is 0.339. The maximum absolute atomic E-state index is 12.7. The molecule has 0 unspecified atom stereocenters. The fraction of sp³-hybridized carbons (Fsp3) is 0.167. The van der Waals surface area contributed by atoms with E-state index in [1.807, 2.05) is 50.2 Å². The molecule has 4 rings (SSSR count). The number of hydrogen-bond acceptors (Lipinski definition) is 5. The van der Waals surface area contributed by atoms with Crippen LogP contribution in [0.15, 0.2) is 65.4 Å². The summed E-state index contributed by atoms with van der Waals surface area (Å²) in [4.78, 5) is 18.3. The number of thiophene rings is 1. The Bertz CT molecular complexity index is 1220. The van der Waals surface area contributed by atoms with Gasteiger partial charge in [-0.1, -0.05) is 23.7 Å². The Morgan fingerprint density at radius 3 is 2.68 bits per heavy atom. The van der Waals surface area contributed by atoms with Crippen LogP contribution in [0.4, 0.5) is 10.8 Å². The molecular weight excluding hydrogens is 430 g/mol. The predicted molar refractivity (Wildman–Crippen MR) is 126 cm³/mol. The Kier molecular flexibility index (Phi) is 6.11. The zero-order chi connectivity index (χ0) is 22.0. The van der Waals surface area contributed by atoms with Crippen LogP contribution in [-0.2, 0) is 0 Å². The van der Waals surface area contributed by atoms with E-state index in [4.69, 9.17) is 16.0 Å². The van der Waals surface area contributed by atoms with Gasteiger partial charge in [-0.15, -0.1) is 11.3 Å². The molecule has 3 aromatic heterocycles. The molecule has 1 amide bonds. The van der Waals surface area contributed by atoms with E-state index in [2.05, 4.69) is 22.5 Å². The summed E-state index contributed by atoms with van der Waals surface area (Å²) in [5.41, 5.74) is 4.16. The fourth-order valence-electron chi connectivity index (χ4n) is 3.43. The molecule has 0 radical (unpaired) electrons. The van der Waals surface area contributed by atoms with Crippen LogP contribution in [0.5, 0.6) is 0 Å². The third-order valence-electron chi connectivity index (χ3n) is 5.08. The van der Waals surface area contributed by atoms with E-state index in [1.165, 1.54) is 6.26 Å². The predicted octanol–water partition coefficient (Wildman–Crippen LogP) is 6.77. The number of amides is 1. The number of nitrogens with one attached hydrogen (secondary N) is 2. The lowest BCUT2D eigenvalue weighted by atomic mass is 9.96. The Balaban J connectivity index is 1.79. The van der Waals surface area contributed by atoms with E-state index in [1.54, 1.807) is 29.7 Å². The average Bonchev–Trinajstić information content (AvgIpc) is 3.36. The number of anilines is 2. The summed E-state index contributed by atoms with van der Waals surface area (Å²) in [6.45, 7) is 6.13. The number of halogens is 1. The third kappa shape index (κ3) is 4.65. The van der Waals surface area contributed by atoms with Crippen LogP contribution in [-0.4, -0.2) is 10.9 Å². The molecule has 7 heteroatoms. The summed E-state index contributed by atoms with van der Waals surface area (Å²) in [6, 6.07) is 14.7. The van der Waals surface area contributed by atoms with E-state index < -0.39 is 0 Å². The molecule has 1 atom stereocenters. The summed E-state index contributed by atoms with van der Waals surface area (Å²) in [5, 5.41) is 7.98. The topological polar surface area (TPSA) is 67.2 Å². The van der Waals surface area contributed by atoms with Crippen LogP contribution in [0.2, 0.25) is 5.02 Å². The minimum absolute atomic E-state index is 0.259. The van der Waals surface area contributed by atoms with Crippen molar-refractivity contribution in [2.45, 2.75) is 26.8 Å². The first-order chi connectivity index (χ1) is 14.9. The first kappa shape index (κ1) is 21.2. The molecule has 0 saturated heterocycles. The second kappa shape index (κ2) is 8.96. The van der Waals surface area contributed by atoms with Crippen LogP contribution in [0, 0.1) is 20.8 Å². The van der Waals surface area contributed by atoms with Gasteiger partial charge >= 0.3 is 0 Å². The number of aromatic nitrogens is 1. The van der Waals surface area contributed by atoms with Gasteiger partial charge in [0.2, 0.25) is 0 Å². The molecule has 0 saturated carbocycles. The first-order valence-corrected chi connectivity index (χ1v) is 11.0. The van der Waals surface area contributed by atoms with Crippen molar-refractivity contribution in [3.63, 3.8) is 0 Å². The SMILES string of the molecule is Cc1ccnc(N[C@@H](c2cccc(Cl)c2)c2c(NC(=O)c3ccco3)sc(C)c2C)c1. The zero-order valence-corrected chi connectivity index (χ0v) is 19.0. The smallest absolute Gasteiger partial charge is 0.291 e. The number of pyridine rings is 1. The van der Waals surface area contributed by atoms with Gasteiger partial charge in [-0.25, -0.2) is 4.98 Å². The molecule has 0 aliphatic carbocycles. The van der Waals surface area contributed by atoms with Crippen molar-refractivity contribution in [1.82, 2.24) is 4.98 Å². The Hall–Kier alpha value is -3.09. The highest BCUT2D eigenvalue weighted by molar-refractivity contribution is 7.16. The van der Waals surface area contributed by atoms with Crippen LogP contribution in [0.1, 0.15) is 43.7 Å². The second-order valence-electron chi connectivity index (χ2n) is 7.31. The number of furan rings is 1. The highest BCUT2D eigenvalue weighted by Crippen LogP contribution is 2.41. The molecule has 0 spiro atoms. The summed E-state index contributed by atoms with van der Waals surface area (Å²) < 4.78 is 5.26. The number of rotatable bonds is 6. The van der Waals surface area contributed by atoms with Crippen molar-refractivity contribution in [3.8, 4) is 0 Å². The number of aryl methyl sites for hydroxylation is 2. The van der Waals surface area contributed by atoms with Crippen molar-refractivity contribution < 1.29 is 9.21 Å². The highest BCUT2D eigenvalue weighted by Gasteiger charge is 2.26. The molecule has 4 aromatic rings. The number of nitrogens with zero attached hydrogens (tertiary/aromatic N) is 1. The van der Waals surface area contributed by atoms with E-state index >= 15 is 0 Å². The number of carbonyl (C=O) groups excluding carboxylic acids is 1. The molecular formula is C24H22ClN3O2S. The lowest BCUT2D eigenvalue weighted by Gasteiger charge is -2.22. The molecule has 0 aliphatic rings. The van der Waals surface area contributed by atoms with Gasteiger partial charge in [0.25, 0.3) is 5.91 Å². The molecule has 0 fully saturated rings. The molecule has 2 N–H and O–H groups in total. The lowest BCUT2D eigenvalue weighted by Crippen LogP contribution is -2.17. The van der Waals surface area contributed by atoms with Gasteiger partial charge in [-0.05, 0) is 73.9 Å². The lowest BCUT2D eigenvalue weighted by molar-refractivity contribution is 0.0997. The number of hydrogen-bond donors (Lipinski definition) is 2. The van der Waals surface area contributed by atoms with Gasteiger partial charge < -0.3 is 15.1 Å². The van der Waals surface area contributed by atoms with Gasteiger partial charge in [0.05, 0.1) is 12.3 Å².